The lowest BCUT2D eigenvalue weighted by molar-refractivity contribution is -0.384. The van der Waals surface area contributed by atoms with Gasteiger partial charge in [0.05, 0.1) is 4.92 Å². The molecule has 0 bridgehead atoms. The van der Waals surface area contributed by atoms with Crippen LogP contribution in [0.5, 0.6) is 0 Å². The molecule has 0 spiro atoms. The van der Waals surface area contributed by atoms with Gasteiger partial charge in [-0.3, -0.25) is 10.1 Å². The number of nitrogens with zero attached hydrogens (tertiary/aromatic N) is 1. The minimum absolute atomic E-state index is 0.00824. The molecule has 0 aliphatic carbocycles. The number of nitrogens with one attached hydrogen (secondary N) is 1. The lowest BCUT2D eigenvalue weighted by Crippen LogP contribution is -2.02. The maximum Gasteiger partial charge on any atom is 0.292 e. The normalized spacial score (nSPS) is 10.1. The highest BCUT2D eigenvalue weighted by Gasteiger charge is 2.11. The summed E-state index contributed by atoms with van der Waals surface area (Å²) in [6, 6.07) is 12.5. The van der Waals surface area contributed by atoms with E-state index >= 15 is 0 Å². The number of halogens is 1. The summed E-state index contributed by atoms with van der Waals surface area (Å²) in [6.07, 6.45) is 0. The van der Waals surface area contributed by atoms with Gasteiger partial charge in [-0.05, 0) is 23.8 Å². The molecule has 0 saturated heterocycles. The second-order valence-corrected chi connectivity index (χ2v) is 3.76. The summed E-state index contributed by atoms with van der Waals surface area (Å²) >= 11 is 0. The molecule has 1 N–H and O–H groups in total. The molecule has 2 aromatic rings. The average Bonchev–Trinajstić information content (AvgIpc) is 2.37. The highest BCUT2D eigenvalue weighted by molar-refractivity contribution is 5.61. The molecule has 5 heteroatoms. The summed E-state index contributed by atoms with van der Waals surface area (Å²) in [6.45, 7) is 0.336. The monoisotopic (exact) mass is 246 g/mol. The van der Waals surface area contributed by atoms with E-state index in [0.717, 1.165) is 5.56 Å². The second kappa shape index (κ2) is 5.27. The largest absolute Gasteiger partial charge is 0.375 e. The van der Waals surface area contributed by atoms with Crippen molar-refractivity contribution in [3.8, 4) is 0 Å². The Morgan fingerprint density at radius 3 is 2.67 bits per heavy atom. The van der Waals surface area contributed by atoms with Crippen LogP contribution in [0.25, 0.3) is 0 Å². The minimum atomic E-state index is -0.450. The highest BCUT2D eigenvalue weighted by atomic mass is 19.1. The molecule has 2 aromatic carbocycles. The first kappa shape index (κ1) is 12.0. The van der Waals surface area contributed by atoms with E-state index in [1.807, 2.05) is 0 Å². The zero-order valence-electron chi connectivity index (χ0n) is 9.47. The Morgan fingerprint density at radius 1 is 1.17 bits per heavy atom. The first-order chi connectivity index (χ1) is 8.66. The molecule has 0 aromatic heterocycles. The van der Waals surface area contributed by atoms with Gasteiger partial charge in [-0.2, -0.15) is 0 Å². The van der Waals surface area contributed by atoms with E-state index < -0.39 is 4.92 Å². The molecule has 4 nitrogen and oxygen atoms in total. The molecule has 92 valence electrons. The van der Waals surface area contributed by atoms with Gasteiger partial charge in [-0.15, -0.1) is 0 Å². The van der Waals surface area contributed by atoms with E-state index in [4.69, 9.17) is 0 Å². The third-order valence-corrected chi connectivity index (χ3v) is 2.47. The fourth-order valence-electron chi connectivity index (χ4n) is 1.63. The van der Waals surface area contributed by atoms with E-state index in [-0.39, 0.29) is 11.5 Å². The number of para-hydroxylation sites is 2. The van der Waals surface area contributed by atoms with Crippen LogP contribution in [-0.4, -0.2) is 4.92 Å². The van der Waals surface area contributed by atoms with Crippen molar-refractivity contribution in [3.05, 3.63) is 70.0 Å². The highest BCUT2D eigenvalue weighted by Crippen LogP contribution is 2.23. The molecule has 0 heterocycles. The van der Waals surface area contributed by atoms with Gasteiger partial charge in [0.25, 0.3) is 5.69 Å². The summed E-state index contributed by atoms with van der Waals surface area (Å²) < 4.78 is 13.0. The SMILES string of the molecule is O=[N+]([O-])c1ccccc1NCc1cccc(F)c1. The zero-order valence-corrected chi connectivity index (χ0v) is 9.47. The van der Waals surface area contributed by atoms with Crippen molar-refractivity contribution in [2.45, 2.75) is 6.54 Å². The average molecular weight is 246 g/mol. The van der Waals surface area contributed by atoms with E-state index in [0.29, 0.717) is 12.2 Å². The molecule has 0 unspecified atom stereocenters. The van der Waals surface area contributed by atoms with Crippen LogP contribution in [-0.2, 0) is 6.54 Å². The van der Waals surface area contributed by atoms with Crippen molar-refractivity contribution in [3.63, 3.8) is 0 Å². The molecule has 0 aliphatic rings. The summed E-state index contributed by atoms with van der Waals surface area (Å²) in [5.41, 5.74) is 1.16. The van der Waals surface area contributed by atoms with E-state index in [9.17, 15) is 14.5 Å². The van der Waals surface area contributed by atoms with Crippen molar-refractivity contribution in [2.24, 2.45) is 0 Å². The molecule has 0 amide bonds. The van der Waals surface area contributed by atoms with Crippen LogP contribution in [0.2, 0.25) is 0 Å². The molecule has 0 atom stereocenters. The number of rotatable bonds is 4. The summed E-state index contributed by atoms with van der Waals surface area (Å²) in [7, 11) is 0. The number of nitro benzene ring substituents is 1. The Balaban J connectivity index is 2.13. The number of hydrogen-bond donors (Lipinski definition) is 1. The molecule has 0 aliphatic heterocycles. The van der Waals surface area contributed by atoms with Gasteiger partial charge >= 0.3 is 0 Å². The Morgan fingerprint density at radius 2 is 1.94 bits per heavy atom. The molecular formula is C13H11FN2O2. The Hall–Kier alpha value is -2.43. The Bertz CT molecular complexity index is 572. The van der Waals surface area contributed by atoms with Gasteiger partial charge < -0.3 is 5.32 Å². The number of benzene rings is 2. The van der Waals surface area contributed by atoms with Crippen LogP contribution in [0.1, 0.15) is 5.56 Å². The Labute approximate surface area is 103 Å². The van der Waals surface area contributed by atoms with Gasteiger partial charge in [-0.1, -0.05) is 24.3 Å². The van der Waals surface area contributed by atoms with E-state index in [2.05, 4.69) is 5.32 Å². The number of anilines is 1. The molecule has 18 heavy (non-hydrogen) atoms. The predicted octanol–water partition coefficient (Wildman–Crippen LogP) is 3.35. The summed E-state index contributed by atoms with van der Waals surface area (Å²) in [4.78, 5) is 10.3. The van der Waals surface area contributed by atoms with Gasteiger partial charge in [0, 0.05) is 12.6 Å². The van der Waals surface area contributed by atoms with Crippen molar-refractivity contribution in [1.29, 1.82) is 0 Å². The summed E-state index contributed by atoms with van der Waals surface area (Å²) in [5, 5.41) is 13.7. The number of hydrogen-bond acceptors (Lipinski definition) is 3. The van der Waals surface area contributed by atoms with Crippen LogP contribution in [0.15, 0.2) is 48.5 Å². The molecule has 2 rings (SSSR count). The second-order valence-electron chi connectivity index (χ2n) is 3.76. The molecule has 0 radical (unpaired) electrons. The zero-order chi connectivity index (χ0) is 13.0. The quantitative estimate of drug-likeness (QED) is 0.664. The molecule has 0 fully saturated rings. The third-order valence-electron chi connectivity index (χ3n) is 2.47. The van der Waals surface area contributed by atoms with Crippen LogP contribution in [0.3, 0.4) is 0 Å². The van der Waals surface area contributed by atoms with Gasteiger partial charge in [0.2, 0.25) is 0 Å². The van der Waals surface area contributed by atoms with Crippen molar-refractivity contribution >= 4 is 11.4 Å². The predicted molar refractivity (Wildman–Crippen MR) is 66.8 cm³/mol. The van der Waals surface area contributed by atoms with Gasteiger partial charge in [0.15, 0.2) is 0 Å². The van der Waals surface area contributed by atoms with E-state index in [1.54, 1.807) is 30.3 Å². The lowest BCUT2D eigenvalue weighted by Gasteiger charge is -2.06. The first-order valence-electron chi connectivity index (χ1n) is 5.38. The standard InChI is InChI=1S/C13H11FN2O2/c14-11-5-3-4-10(8-11)9-15-12-6-1-2-7-13(12)16(17)18/h1-8,15H,9H2. The lowest BCUT2D eigenvalue weighted by atomic mass is 10.2. The molecular weight excluding hydrogens is 235 g/mol. The minimum Gasteiger partial charge on any atom is -0.375 e. The van der Waals surface area contributed by atoms with Crippen LogP contribution in [0, 0.1) is 15.9 Å². The van der Waals surface area contributed by atoms with Crippen LogP contribution < -0.4 is 5.32 Å². The first-order valence-corrected chi connectivity index (χ1v) is 5.38. The van der Waals surface area contributed by atoms with E-state index in [1.165, 1.54) is 18.2 Å². The van der Waals surface area contributed by atoms with Crippen LogP contribution in [0.4, 0.5) is 15.8 Å². The summed E-state index contributed by atoms with van der Waals surface area (Å²) in [5.74, 6) is -0.322. The number of nitro groups is 1. The van der Waals surface area contributed by atoms with Crippen molar-refractivity contribution < 1.29 is 9.31 Å². The van der Waals surface area contributed by atoms with Crippen LogP contribution >= 0.6 is 0 Å². The third kappa shape index (κ3) is 2.82. The van der Waals surface area contributed by atoms with Gasteiger partial charge in [-0.25, -0.2) is 4.39 Å². The Kier molecular flexibility index (Phi) is 3.52. The van der Waals surface area contributed by atoms with Crippen molar-refractivity contribution in [1.82, 2.24) is 0 Å². The fourth-order valence-corrected chi connectivity index (χ4v) is 1.63. The maximum atomic E-state index is 13.0. The fraction of sp³-hybridized carbons (Fsp3) is 0.0769. The topological polar surface area (TPSA) is 55.2 Å². The van der Waals surface area contributed by atoms with Gasteiger partial charge in [0.1, 0.15) is 11.5 Å². The van der Waals surface area contributed by atoms with Crippen molar-refractivity contribution in [2.75, 3.05) is 5.32 Å². The smallest absolute Gasteiger partial charge is 0.292 e. The molecule has 0 saturated carbocycles. The maximum absolute atomic E-state index is 13.0.